The molecule has 2 heterocycles. The lowest BCUT2D eigenvalue weighted by Crippen LogP contribution is -2.46. The highest BCUT2D eigenvalue weighted by Gasteiger charge is 2.37. The number of hydrogen-bond acceptors (Lipinski definition) is 7. The van der Waals surface area contributed by atoms with Gasteiger partial charge in [-0.2, -0.15) is 0 Å². The van der Waals surface area contributed by atoms with E-state index in [-0.39, 0.29) is 17.4 Å². The molecule has 0 N–H and O–H groups in total. The number of benzene rings is 1. The van der Waals surface area contributed by atoms with E-state index in [4.69, 9.17) is 25.8 Å². The lowest BCUT2D eigenvalue weighted by atomic mass is 10.2. The first-order valence-electron chi connectivity index (χ1n) is 8.47. The SMILES string of the molecule is COc1cc(/C=C2/SC(=O)N(CC(=O)N3CCOCC3)C2=O)cc(Cl)c1OC. The Kier molecular flexibility index (Phi) is 6.48. The summed E-state index contributed by atoms with van der Waals surface area (Å²) in [6, 6.07) is 3.26. The van der Waals surface area contributed by atoms with Gasteiger partial charge < -0.3 is 19.1 Å². The molecule has 0 spiro atoms. The molecule has 0 aliphatic carbocycles. The van der Waals surface area contributed by atoms with Crippen LogP contribution in [0, 0.1) is 0 Å². The zero-order valence-corrected chi connectivity index (χ0v) is 17.0. The molecule has 1 aromatic carbocycles. The van der Waals surface area contributed by atoms with Crippen LogP contribution in [0.1, 0.15) is 5.56 Å². The number of imide groups is 1. The van der Waals surface area contributed by atoms with Crippen molar-refractivity contribution in [3.05, 3.63) is 27.6 Å². The van der Waals surface area contributed by atoms with Crippen molar-refractivity contribution in [3.8, 4) is 11.5 Å². The molecule has 0 radical (unpaired) electrons. The van der Waals surface area contributed by atoms with Crippen molar-refractivity contribution < 1.29 is 28.6 Å². The average molecular weight is 427 g/mol. The summed E-state index contributed by atoms with van der Waals surface area (Å²) in [5, 5.41) is -0.167. The lowest BCUT2D eigenvalue weighted by Gasteiger charge is -2.28. The molecule has 0 atom stereocenters. The van der Waals surface area contributed by atoms with E-state index in [1.54, 1.807) is 17.0 Å². The first-order valence-corrected chi connectivity index (χ1v) is 9.66. The van der Waals surface area contributed by atoms with Gasteiger partial charge in [0, 0.05) is 13.1 Å². The van der Waals surface area contributed by atoms with Crippen molar-refractivity contribution in [2.45, 2.75) is 0 Å². The minimum absolute atomic E-state index is 0.211. The Bertz CT molecular complexity index is 838. The lowest BCUT2D eigenvalue weighted by molar-refractivity contribution is -0.139. The molecule has 150 valence electrons. The third kappa shape index (κ3) is 4.26. The highest BCUT2D eigenvalue weighted by atomic mass is 35.5. The van der Waals surface area contributed by atoms with Crippen LogP contribution in [0.15, 0.2) is 17.0 Å². The number of carbonyl (C=O) groups is 3. The molecule has 10 heteroatoms. The number of thioether (sulfide) groups is 1. The van der Waals surface area contributed by atoms with Crippen molar-refractivity contribution in [1.82, 2.24) is 9.80 Å². The van der Waals surface area contributed by atoms with Gasteiger partial charge in [0.2, 0.25) is 5.91 Å². The van der Waals surface area contributed by atoms with Gasteiger partial charge in [-0.15, -0.1) is 0 Å². The summed E-state index contributed by atoms with van der Waals surface area (Å²) in [5.41, 5.74) is 0.577. The highest BCUT2D eigenvalue weighted by Crippen LogP contribution is 2.38. The number of carbonyl (C=O) groups excluding carboxylic acids is 3. The fraction of sp³-hybridized carbons (Fsp3) is 0.389. The molecular formula is C18H19ClN2O6S. The van der Waals surface area contributed by atoms with E-state index < -0.39 is 11.1 Å². The van der Waals surface area contributed by atoms with Crippen LogP contribution in [0.3, 0.4) is 0 Å². The fourth-order valence-corrected chi connectivity index (χ4v) is 3.99. The molecule has 2 aliphatic heterocycles. The zero-order chi connectivity index (χ0) is 20.3. The third-order valence-electron chi connectivity index (χ3n) is 4.28. The van der Waals surface area contributed by atoms with Gasteiger partial charge in [0.1, 0.15) is 6.54 Å². The maximum atomic E-state index is 12.6. The van der Waals surface area contributed by atoms with Crippen LogP contribution in [-0.4, -0.2) is 73.9 Å². The highest BCUT2D eigenvalue weighted by molar-refractivity contribution is 8.18. The fourth-order valence-electron chi connectivity index (χ4n) is 2.86. The Labute approximate surface area is 171 Å². The summed E-state index contributed by atoms with van der Waals surface area (Å²) in [4.78, 5) is 40.0. The van der Waals surface area contributed by atoms with Gasteiger partial charge in [0.25, 0.3) is 11.1 Å². The van der Waals surface area contributed by atoms with Crippen LogP contribution < -0.4 is 9.47 Å². The number of morpholine rings is 1. The molecule has 3 amide bonds. The van der Waals surface area contributed by atoms with Crippen LogP contribution >= 0.6 is 23.4 Å². The summed E-state index contributed by atoms with van der Waals surface area (Å²) in [6.07, 6.45) is 1.54. The molecule has 0 bridgehead atoms. The minimum atomic E-state index is -0.512. The van der Waals surface area contributed by atoms with Crippen molar-refractivity contribution in [3.63, 3.8) is 0 Å². The van der Waals surface area contributed by atoms with Gasteiger partial charge >= 0.3 is 0 Å². The number of halogens is 1. The second-order valence-corrected chi connectivity index (χ2v) is 7.40. The predicted molar refractivity (Wildman–Crippen MR) is 105 cm³/mol. The largest absolute Gasteiger partial charge is 0.493 e. The second kappa shape index (κ2) is 8.85. The molecule has 0 aromatic heterocycles. The molecular weight excluding hydrogens is 408 g/mol. The molecule has 2 aliphatic rings. The number of ether oxygens (including phenoxy) is 3. The molecule has 1 aromatic rings. The number of rotatable bonds is 5. The molecule has 0 saturated carbocycles. The Hall–Kier alpha value is -2.23. The van der Waals surface area contributed by atoms with Gasteiger partial charge in [-0.25, -0.2) is 0 Å². The van der Waals surface area contributed by atoms with E-state index in [1.807, 2.05) is 0 Å². The van der Waals surface area contributed by atoms with Gasteiger partial charge in [0.05, 0.1) is 37.4 Å². The Balaban J connectivity index is 1.77. The summed E-state index contributed by atoms with van der Waals surface area (Å²) < 4.78 is 15.6. The molecule has 0 unspecified atom stereocenters. The van der Waals surface area contributed by atoms with E-state index in [0.29, 0.717) is 48.4 Å². The van der Waals surface area contributed by atoms with Crippen LogP contribution in [0.5, 0.6) is 11.5 Å². The van der Waals surface area contributed by atoms with Gasteiger partial charge in [-0.05, 0) is 35.5 Å². The van der Waals surface area contributed by atoms with Gasteiger partial charge in [-0.3, -0.25) is 19.3 Å². The summed E-state index contributed by atoms with van der Waals surface area (Å²) in [5.74, 6) is -0.00275. The van der Waals surface area contributed by atoms with E-state index in [2.05, 4.69) is 0 Å². The maximum Gasteiger partial charge on any atom is 0.294 e. The first-order chi connectivity index (χ1) is 13.4. The Morgan fingerprint density at radius 2 is 1.96 bits per heavy atom. The summed E-state index contributed by atoms with van der Waals surface area (Å²) in [7, 11) is 2.95. The topological polar surface area (TPSA) is 85.4 Å². The van der Waals surface area contributed by atoms with Crippen LogP contribution in [-0.2, 0) is 14.3 Å². The molecule has 2 saturated heterocycles. The molecule has 3 rings (SSSR count). The third-order valence-corrected chi connectivity index (χ3v) is 5.47. The first kappa shape index (κ1) is 20.5. The van der Waals surface area contributed by atoms with Crippen LogP contribution in [0.4, 0.5) is 4.79 Å². The van der Waals surface area contributed by atoms with E-state index >= 15 is 0 Å². The van der Waals surface area contributed by atoms with E-state index in [1.165, 1.54) is 20.3 Å². The van der Waals surface area contributed by atoms with Crippen LogP contribution in [0.2, 0.25) is 5.02 Å². The number of nitrogens with zero attached hydrogens (tertiary/aromatic N) is 2. The number of hydrogen-bond donors (Lipinski definition) is 0. The second-order valence-electron chi connectivity index (χ2n) is 6.00. The number of methoxy groups -OCH3 is 2. The van der Waals surface area contributed by atoms with Gasteiger partial charge in [0.15, 0.2) is 11.5 Å². The van der Waals surface area contributed by atoms with Crippen molar-refractivity contribution in [2.24, 2.45) is 0 Å². The van der Waals surface area contributed by atoms with Gasteiger partial charge in [-0.1, -0.05) is 11.6 Å². The molecule has 8 nitrogen and oxygen atoms in total. The maximum absolute atomic E-state index is 12.6. The normalized spacial score (nSPS) is 18.8. The Morgan fingerprint density at radius 3 is 2.61 bits per heavy atom. The Morgan fingerprint density at radius 1 is 1.25 bits per heavy atom. The van der Waals surface area contributed by atoms with Crippen molar-refractivity contribution >= 4 is 46.5 Å². The van der Waals surface area contributed by atoms with Crippen molar-refractivity contribution in [2.75, 3.05) is 47.1 Å². The monoisotopic (exact) mass is 426 g/mol. The van der Waals surface area contributed by atoms with Crippen LogP contribution in [0.25, 0.3) is 6.08 Å². The zero-order valence-electron chi connectivity index (χ0n) is 15.4. The molecule has 2 fully saturated rings. The average Bonchev–Trinajstić information content (AvgIpc) is 2.95. The standard InChI is InChI=1S/C18H19ClN2O6S/c1-25-13-8-11(7-12(19)16(13)26-2)9-14-17(23)21(18(24)28-14)10-15(22)20-3-5-27-6-4-20/h7-9H,3-6,10H2,1-2H3/b14-9+. The predicted octanol–water partition coefficient (Wildman–Crippen LogP) is 2.25. The summed E-state index contributed by atoms with van der Waals surface area (Å²) in [6.45, 7) is 1.53. The van der Waals surface area contributed by atoms with E-state index in [0.717, 1.165) is 16.7 Å². The number of amides is 3. The summed E-state index contributed by atoms with van der Waals surface area (Å²) >= 11 is 6.97. The quantitative estimate of drug-likeness (QED) is 0.667. The smallest absolute Gasteiger partial charge is 0.294 e. The van der Waals surface area contributed by atoms with Crippen molar-refractivity contribution in [1.29, 1.82) is 0 Å². The molecule has 28 heavy (non-hydrogen) atoms. The minimum Gasteiger partial charge on any atom is -0.493 e. The van der Waals surface area contributed by atoms with E-state index in [9.17, 15) is 14.4 Å².